The summed E-state index contributed by atoms with van der Waals surface area (Å²) in [6.45, 7) is 2.68. The number of furan rings is 1. The molecular formula is C18H23N3O3. The zero-order chi connectivity index (χ0) is 17.5. The van der Waals surface area contributed by atoms with Gasteiger partial charge in [-0.25, -0.2) is 0 Å². The second-order valence-electron chi connectivity index (χ2n) is 5.88. The summed E-state index contributed by atoms with van der Waals surface area (Å²) in [6, 6.07) is 11.0. The van der Waals surface area contributed by atoms with E-state index in [4.69, 9.17) is 4.42 Å². The molecule has 6 nitrogen and oxygen atoms in total. The van der Waals surface area contributed by atoms with Gasteiger partial charge in [-0.1, -0.05) is 12.1 Å². The Morgan fingerprint density at radius 3 is 2.42 bits per heavy atom. The van der Waals surface area contributed by atoms with Gasteiger partial charge >= 0.3 is 0 Å². The standard InChI is InChI=1S/C18H23N3O3/c1-13(22)19-12-16-8-9-17(24-16)18(23)20-15-6-4-14(5-7-15)10-11-21(2)3/h4-9H,10-12H2,1-3H3,(H,19,22)(H,20,23). The normalized spacial score (nSPS) is 10.7. The summed E-state index contributed by atoms with van der Waals surface area (Å²) in [6.07, 6.45) is 0.964. The molecule has 0 saturated carbocycles. The number of carbonyl (C=O) groups excluding carboxylic acids is 2. The van der Waals surface area contributed by atoms with E-state index < -0.39 is 0 Å². The zero-order valence-electron chi connectivity index (χ0n) is 14.3. The molecule has 128 valence electrons. The Bertz CT molecular complexity index is 690. The first-order valence-electron chi connectivity index (χ1n) is 7.82. The Morgan fingerprint density at radius 2 is 1.79 bits per heavy atom. The molecule has 0 fully saturated rings. The Kier molecular flexibility index (Phi) is 6.14. The van der Waals surface area contributed by atoms with E-state index in [1.165, 1.54) is 12.5 Å². The van der Waals surface area contributed by atoms with Crippen molar-refractivity contribution in [3.63, 3.8) is 0 Å². The molecule has 0 saturated heterocycles. The first-order chi connectivity index (χ1) is 11.4. The lowest BCUT2D eigenvalue weighted by atomic mass is 10.1. The second-order valence-corrected chi connectivity index (χ2v) is 5.88. The number of benzene rings is 1. The van der Waals surface area contributed by atoms with E-state index in [0.717, 1.165) is 13.0 Å². The molecule has 0 radical (unpaired) electrons. The van der Waals surface area contributed by atoms with E-state index in [1.807, 2.05) is 38.4 Å². The maximum atomic E-state index is 12.2. The summed E-state index contributed by atoms with van der Waals surface area (Å²) in [4.78, 5) is 25.2. The van der Waals surface area contributed by atoms with Gasteiger partial charge < -0.3 is 20.0 Å². The predicted octanol–water partition coefficient (Wildman–Crippen LogP) is 2.27. The van der Waals surface area contributed by atoms with E-state index in [0.29, 0.717) is 11.4 Å². The number of nitrogens with zero attached hydrogens (tertiary/aromatic N) is 1. The third-order valence-corrected chi connectivity index (χ3v) is 3.46. The Labute approximate surface area is 141 Å². The number of likely N-dealkylation sites (N-methyl/N-ethyl adjacent to an activating group) is 1. The highest BCUT2D eigenvalue weighted by molar-refractivity contribution is 6.02. The van der Waals surface area contributed by atoms with Gasteiger partial charge in [-0.2, -0.15) is 0 Å². The third kappa shape index (κ3) is 5.55. The summed E-state index contributed by atoms with van der Waals surface area (Å²) < 4.78 is 5.42. The molecule has 2 aromatic rings. The molecule has 2 rings (SSSR count). The summed E-state index contributed by atoms with van der Waals surface area (Å²) >= 11 is 0. The smallest absolute Gasteiger partial charge is 0.291 e. The molecule has 0 aliphatic heterocycles. The van der Waals surface area contributed by atoms with Crippen molar-refractivity contribution in [3.8, 4) is 0 Å². The fraction of sp³-hybridized carbons (Fsp3) is 0.333. The van der Waals surface area contributed by atoms with Crippen molar-refractivity contribution in [1.29, 1.82) is 0 Å². The highest BCUT2D eigenvalue weighted by Gasteiger charge is 2.11. The minimum absolute atomic E-state index is 0.147. The number of hydrogen-bond donors (Lipinski definition) is 2. The van der Waals surface area contributed by atoms with Crippen LogP contribution in [0.25, 0.3) is 0 Å². The molecule has 1 aromatic carbocycles. The van der Waals surface area contributed by atoms with Gasteiger partial charge in [-0.05, 0) is 50.3 Å². The fourth-order valence-corrected chi connectivity index (χ4v) is 2.11. The Morgan fingerprint density at radius 1 is 1.08 bits per heavy atom. The van der Waals surface area contributed by atoms with Gasteiger partial charge in [0.1, 0.15) is 5.76 Å². The molecule has 24 heavy (non-hydrogen) atoms. The van der Waals surface area contributed by atoms with Crippen LogP contribution in [0.4, 0.5) is 5.69 Å². The SMILES string of the molecule is CC(=O)NCc1ccc(C(=O)Nc2ccc(CCN(C)C)cc2)o1. The monoisotopic (exact) mass is 329 g/mol. The maximum Gasteiger partial charge on any atom is 0.291 e. The quantitative estimate of drug-likeness (QED) is 0.817. The van der Waals surface area contributed by atoms with Crippen LogP contribution in [0.5, 0.6) is 0 Å². The zero-order valence-corrected chi connectivity index (χ0v) is 14.3. The van der Waals surface area contributed by atoms with Gasteiger partial charge in [-0.3, -0.25) is 9.59 Å². The molecule has 0 aliphatic carbocycles. The predicted molar refractivity (Wildman–Crippen MR) is 92.9 cm³/mol. The molecule has 1 aromatic heterocycles. The van der Waals surface area contributed by atoms with Crippen molar-refractivity contribution in [2.24, 2.45) is 0 Å². The lowest BCUT2D eigenvalue weighted by Gasteiger charge is -2.09. The first kappa shape index (κ1) is 17.7. The minimum atomic E-state index is -0.315. The molecule has 0 spiro atoms. The largest absolute Gasteiger partial charge is 0.454 e. The van der Waals surface area contributed by atoms with E-state index >= 15 is 0 Å². The van der Waals surface area contributed by atoms with Crippen molar-refractivity contribution in [1.82, 2.24) is 10.2 Å². The molecule has 1 heterocycles. The number of anilines is 1. The van der Waals surface area contributed by atoms with Crippen LogP contribution in [0.3, 0.4) is 0 Å². The van der Waals surface area contributed by atoms with Crippen LogP contribution in [-0.2, 0) is 17.8 Å². The van der Waals surface area contributed by atoms with Gasteiger partial charge in [0, 0.05) is 19.2 Å². The molecule has 2 amide bonds. The lowest BCUT2D eigenvalue weighted by molar-refractivity contribution is -0.119. The van der Waals surface area contributed by atoms with E-state index in [-0.39, 0.29) is 24.1 Å². The summed E-state index contributed by atoms with van der Waals surface area (Å²) in [5.74, 6) is 0.290. The molecule has 6 heteroatoms. The molecule has 0 bridgehead atoms. The summed E-state index contributed by atoms with van der Waals surface area (Å²) in [7, 11) is 4.08. The number of carbonyl (C=O) groups is 2. The van der Waals surface area contributed by atoms with Gasteiger partial charge in [0.2, 0.25) is 5.91 Å². The van der Waals surface area contributed by atoms with Gasteiger partial charge in [0.05, 0.1) is 6.54 Å². The van der Waals surface area contributed by atoms with Crippen LogP contribution >= 0.6 is 0 Å². The van der Waals surface area contributed by atoms with Crippen LogP contribution in [-0.4, -0.2) is 37.4 Å². The van der Waals surface area contributed by atoms with E-state index in [1.54, 1.807) is 12.1 Å². The van der Waals surface area contributed by atoms with Crippen LogP contribution in [0.1, 0.15) is 28.8 Å². The highest BCUT2D eigenvalue weighted by atomic mass is 16.4. The van der Waals surface area contributed by atoms with Gasteiger partial charge in [0.25, 0.3) is 5.91 Å². The van der Waals surface area contributed by atoms with Crippen molar-refractivity contribution in [2.45, 2.75) is 19.9 Å². The molecule has 0 unspecified atom stereocenters. The van der Waals surface area contributed by atoms with E-state index in [2.05, 4.69) is 15.5 Å². The van der Waals surface area contributed by atoms with Crippen molar-refractivity contribution >= 4 is 17.5 Å². The van der Waals surface area contributed by atoms with Crippen LogP contribution in [0.2, 0.25) is 0 Å². The van der Waals surface area contributed by atoms with Crippen LogP contribution in [0, 0.1) is 0 Å². The number of hydrogen-bond acceptors (Lipinski definition) is 4. The number of rotatable bonds is 7. The summed E-state index contributed by atoms with van der Waals surface area (Å²) in [5, 5.41) is 5.42. The van der Waals surface area contributed by atoms with Gasteiger partial charge in [0.15, 0.2) is 5.76 Å². The molecular weight excluding hydrogens is 306 g/mol. The minimum Gasteiger partial charge on any atom is -0.454 e. The second kappa shape index (κ2) is 8.31. The first-order valence-corrected chi connectivity index (χ1v) is 7.82. The average Bonchev–Trinajstić information content (AvgIpc) is 3.01. The van der Waals surface area contributed by atoms with Crippen molar-refractivity contribution in [3.05, 3.63) is 53.5 Å². The third-order valence-electron chi connectivity index (χ3n) is 3.46. The van der Waals surface area contributed by atoms with Crippen molar-refractivity contribution in [2.75, 3.05) is 26.0 Å². The fourth-order valence-electron chi connectivity index (χ4n) is 2.11. The Hall–Kier alpha value is -2.60. The average molecular weight is 329 g/mol. The Balaban J connectivity index is 1.91. The molecule has 2 N–H and O–H groups in total. The lowest BCUT2D eigenvalue weighted by Crippen LogP contribution is -2.18. The number of amides is 2. The van der Waals surface area contributed by atoms with Gasteiger partial charge in [-0.15, -0.1) is 0 Å². The highest BCUT2D eigenvalue weighted by Crippen LogP contribution is 2.14. The molecule has 0 aliphatic rings. The molecule has 0 atom stereocenters. The van der Waals surface area contributed by atoms with E-state index in [9.17, 15) is 9.59 Å². The maximum absolute atomic E-state index is 12.2. The number of nitrogens with one attached hydrogen (secondary N) is 2. The topological polar surface area (TPSA) is 74.6 Å². The van der Waals surface area contributed by atoms with Crippen LogP contribution < -0.4 is 10.6 Å². The van der Waals surface area contributed by atoms with Crippen LogP contribution in [0.15, 0.2) is 40.8 Å². The summed E-state index contributed by atoms with van der Waals surface area (Å²) in [5.41, 5.74) is 1.94. The van der Waals surface area contributed by atoms with Crippen molar-refractivity contribution < 1.29 is 14.0 Å².